The molecule has 144 valence electrons. The van der Waals surface area contributed by atoms with Crippen molar-refractivity contribution in [3.63, 3.8) is 0 Å². The van der Waals surface area contributed by atoms with Crippen LogP contribution < -0.4 is 11.0 Å². The highest BCUT2D eigenvalue weighted by molar-refractivity contribution is 5.73. The molecule has 4 aromatic rings. The van der Waals surface area contributed by atoms with Crippen LogP contribution in [0.2, 0.25) is 0 Å². The van der Waals surface area contributed by atoms with Gasteiger partial charge in [0.05, 0.1) is 24.2 Å². The Kier molecular flexibility index (Phi) is 3.69. The van der Waals surface area contributed by atoms with Crippen molar-refractivity contribution in [1.29, 1.82) is 0 Å². The lowest BCUT2D eigenvalue weighted by atomic mass is 10.2. The molecule has 1 aliphatic rings. The highest BCUT2D eigenvalue weighted by Gasteiger charge is 2.28. The molecule has 1 fully saturated rings. The molecule has 10 nitrogen and oxygen atoms in total. The van der Waals surface area contributed by atoms with Crippen LogP contribution in [0.4, 0.5) is 11.6 Å². The molecular formula is C18H20N8O2. The molecule has 0 bridgehead atoms. The van der Waals surface area contributed by atoms with E-state index in [-0.39, 0.29) is 17.8 Å². The molecule has 4 aromatic heterocycles. The van der Waals surface area contributed by atoms with Gasteiger partial charge in [-0.3, -0.25) is 9.13 Å². The Balaban J connectivity index is 1.59. The Morgan fingerprint density at radius 2 is 2.14 bits per heavy atom. The maximum absolute atomic E-state index is 12.8. The fraction of sp³-hybridized carbons (Fsp3) is 0.389. The molecule has 0 spiro atoms. The van der Waals surface area contributed by atoms with E-state index in [9.17, 15) is 9.90 Å². The topological polar surface area (TPSA) is 115 Å². The minimum absolute atomic E-state index is 0.0535. The predicted molar refractivity (Wildman–Crippen MR) is 103 cm³/mol. The minimum Gasteiger partial charge on any atom is -0.393 e. The number of nitrogens with one attached hydrogen (secondary N) is 1. The number of aliphatic hydroxyl groups excluding tert-OH is 1. The van der Waals surface area contributed by atoms with Gasteiger partial charge < -0.3 is 10.4 Å². The molecule has 0 saturated heterocycles. The average molecular weight is 380 g/mol. The van der Waals surface area contributed by atoms with E-state index in [2.05, 4.69) is 25.4 Å². The van der Waals surface area contributed by atoms with E-state index >= 15 is 0 Å². The second-order valence-electron chi connectivity index (χ2n) is 7.29. The molecule has 2 atom stereocenters. The van der Waals surface area contributed by atoms with Crippen LogP contribution in [0.25, 0.3) is 16.8 Å². The summed E-state index contributed by atoms with van der Waals surface area (Å²) in [7, 11) is 1.71. The third kappa shape index (κ3) is 2.56. The fourth-order valence-electron chi connectivity index (χ4n) is 3.90. The fourth-order valence-corrected chi connectivity index (χ4v) is 3.90. The van der Waals surface area contributed by atoms with E-state index in [0.717, 1.165) is 23.3 Å². The van der Waals surface area contributed by atoms with Gasteiger partial charge in [0.15, 0.2) is 11.3 Å². The normalized spacial score (nSPS) is 19.7. The van der Waals surface area contributed by atoms with E-state index in [1.165, 1.54) is 6.33 Å². The van der Waals surface area contributed by atoms with Crippen LogP contribution in [0, 0.1) is 6.92 Å². The first kappa shape index (κ1) is 16.9. The smallest absolute Gasteiger partial charge is 0.330 e. The number of aliphatic hydroxyl groups is 1. The van der Waals surface area contributed by atoms with Gasteiger partial charge >= 0.3 is 5.69 Å². The van der Waals surface area contributed by atoms with Crippen molar-refractivity contribution in [2.75, 3.05) is 5.32 Å². The van der Waals surface area contributed by atoms with E-state index in [0.29, 0.717) is 30.0 Å². The molecule has 28 heavy (non-hydrogen) atoms. The molecule has 5 rings (SSSR count). The summed E-state index contributed by atoms with van der Waals surface area (Å²) in [5.74, 6) is 0.396. The van der Waals surface area contributed by atoms with Crippen molar-refractivity contribution < 1.29 is 5.11 Å². The van der Waals surface area contributed by atoms with Crippen molar-refractivity contribution in [2.24, 2.45) is 7.05 Å². The van der Waals surface area contributed by atoms with E-state index in [4.69, 9.17) is 0 Å². The Bertz CT molecular complexity index is 1250. The number of pyridine rings is 1. The lowest BCUT2D eigenvalue weighted by Crippen LogP contribution is -2.25. The van der Waals surface area contributed by atoms with Gasteiger partial charge in [0.1, 0.15) is 11.8 Å². The predicted octanol–water partition coefficient (Wildman–Crippen LogP) is 1.31. The van der Waals surface area contributed by atoms with Crippen LogP contribution in [-0.4, -0.2) is 44.9 Å². The number of hydrogen-bond acceptors (Lipinski definition) is 7. The second kappa shape index (κ2) is 6.13. The molecule has 0 amide bonds. The molecule has 4 heterocycles. The Labute approximate surface area is 159 Å². The Hall–Kier alpha value is -3.27. The quantitative estimate of drug-likeness (QED) is 0.550. The molecule has 2 N–H and O–H groups in total. The van der Waals surface area contributed by atoms with Gasteiger partial charge in [-0.15, -0.1) is 0 Å². The highest BCUT2D eigenvalue weighted by atomic mass is 16.3. The molecule has 1 aliphatic carbocycles. The zero-order valence-electron chi connectivity index (χ0n) is 15.6. The Morgan fingerprint density at radius 1 is 1.29 bits per heavy atom. The molecule has 0 radical (unpaired) electrons. The van der Waals surface area contributed by atoms with Crippen LogP contribution in [0.5, 0.6) is 0 Å². The van der Waals surface area contributed by atoms with Crippen molar-refractivity contribution >= 4 is 28.4 Å². The molecule has 10 heteroatoms. The maximum atomic E-state index is 12.8. The van der Waals surface area contributed by atoms with Gasteiger partial charge in [0.2, 0.25) is 5.95 Å². The van der Waals surface area contributed by atoms with Crippen LogP contribution >= 0.6 is 0 Å². The first-order chi connectivity index (χ1) is 13.5. The highest BCUT2D eigenvalue weighted by Crippen LogP contribution is 2.31. The van der Waals surface area contributed by atoms with Gasteiger partial charge in [-0.1, -0.05) is 0 Å². The number of fused-ring (bicyclic) bond motifs is 2. The standard InChI is InChI=1S/C18H20N8O2/c1-10-5-15-20-9-21-25(15)8-13(10)22-17-19-7-14-16(23-17)26(18(28)24(14)2)11-3-4-12(27)6-11/h5,7-9,11-12,27H,3-4,6H2,1-2H3,(H,19,22,23). The lowest BCUT2D eigenvalue weighted by molar-refractivity contribution is 0.178. The average Bonchev–Trinajstić information content (AvgIpc) is 3.35. The largest absolute Gasteiger partial charge is 0.393 e. The summed E-state index contributed by atoms with van der Waals surface area (Å²) in [4.78, 5) is 25.9. The molecule has 0 aromatic carbocycles. The van der Waals surface area contributed by atoms with Crippen molar-refractivity contribution in [3.05, 3.63) is 40.8 Å². The first-order valence-electron chi connectivity index (χ1n) is 9.20. The Morgan fingerprint density at radius 3 is 2.93 bits per heavy atom. The van der Waals surface area contributed by atoms with Crippen LogP contribution in [0.1, 0.15) is 30.9 Å². The molecular weight excluding hydrogens is 360 g/mol. The van der Waals surface area contributed by atoms with E-state index in [1.807, 2.05) is 19.2 Å². The maximum Gasteiger partial charge on any atom is 0.330 e. The van der Waals surface area contributed by atoms with Crippen LogP contribution in [0.3, 0.4) is 0 Å². The van der Waals surface area contributed by atoms with Crippen molar-refractivity contribution in [2.45, 2.75) is 38.3 Å². The van der Waals surface area contributed by atoms with Crippen LogP contribution in [-0.2, 0) is 7.05 Å². The lowest BCUT2D eigenvalue weighted by Gasteiger charge is -2.12. The number of hydrogen-bond donors (Lipinski definition) is 2. The summed E-state index contributed by atoms with van der Waals surface area (Å²) in [6.07, 6.45) is 6.63. The van der Waals surface area contributed by atoms with Gasteiger partial charge in [-0.05, 0) is 37.8 Å². The van der Waals surface area contributed by atoms with Crippen LogP contribution in [0.15, 0.2) is 29.6 Å². The van der Waals surface area contributed by atoms with Crippen molar-refractivity contribution in [1.82, 2.24) is 33.7 Å². The van der Waals surface area contributed by atoms with Gasteiger partial charge in [0.25, 0.3) is 0 Å². The molecule has 0 aliphatic heterocycles. The molecule has 2 unspecified atom stereocenters. The van der Waals surface area contributed by atoms with E-state index < -0.39 is 0 Å². The van der Waals surface area contributed by atoms with Gasteiger partial charge in [-0.2, -0.15) is 10.1 Å². The zero-order valence-corrected chi connectivity index (χ0v) is 15.6. The number of nitrogens with zero attached hydrogens (tertiary/aromatic N) is 7. The monoisotopic (exact) mass is 380 g/mol. The van der Waals surface area contributed by atoms with Crippen molar-refractivity contribution in [3.8, 4) is 0 Å². The summed E-state index contributed by atoms with van der Waals surface area (Å²) in [6.45, 7) is 1.97. The van der Waals surface area contributed by atoms with E-state index in [1.54, 1.807) is 26.9 Å². The third-order valence-corrected chi connectivity index (χ3v) is 5.44. The molecule has 1 saturated carbocycles. The number of aryl methyl sites for hydroxylation is 2. The van der Waals surface area contributed by atoms with Gasteiger partial charge in [0, 0.05) is 13.1 Å². The van der Waals surface area contributed by atoms with Gasteiger partial charge in [-0.25, -0.2) is 19.3 Å². The number of rotatable bonds is 3. The summed E-state index contributed by atoms with van der Waals surface area (Å²) >= 11 is 0. The summed E-state index contributed by atoms with van der Waals surface area (Å²) < 4.78 is 4.91. The zero-order chi connectivity index (χ0) is 19.4. The second-order valence-corrected chi connectivity index (χ2v) is 7.29. The third-order valence-electron chi connectivity index (χ3n) is 5.44. The number of aromatic nitrogens is 7. The number of imidazole rings is 1. The number of anilines is 2. The summed E-state index contributed by atoms with van der Waals surface area (Å²) in [5.41, 5.74) is 3.65. The summed E-state index contributed by atoms with van der Waals surface area (Å²) in [5, 5.41) is 17.3. The SMILES string of the molecule is Cc1cc2ncnn2cc1Nc1ncc2c(n1)n(C1CCC(O)C1)c(=O)n2C. The summed E-state index contributed by atoms with van der Waals surface area (Å²) in [6, 6.07) is 1.87. The minimum atomic E-state index is -0.372. The first-order valence-corrected chi connectivity index (χ1v) is 9.20.